The highest BCUT2D eigenvalue weighted by Gasteiger charge is 2.47. The molecule has 3 heterocycles. The molecule has 0 spiro atoms. The van der Waals surface area contributed by atoms with Crippen LogP contribution in [0.2, 0.25) is 0 Å². The van der Waals surface area contributed by atoms with Crippen molar-refractivity contribution in [3.63, 3.8) is 0 Å². The molecule has 0 bridgehead atoms. The number of rotatable bonds is 8. The summed E-state index contributed by atoms with van der Waals surface area (Å²) in [7, 11) is 0. The first-order chi connectivity index (χ1) is 19.7. The van der Waals surface area contributed by atoms with Gasteiger partial charge in [-0.25, -0.2) is 4.98 Å². The van der Waals surface area contributed by atoms with Crippen LogP contribution >= 0.6 is 11.8 Å². The van der Waals surface area contributed by atoms with Gasteiger partial charge in [0.15, 0.2) is 11.4 Å². The average molecular weight is 592 g/mol. The highest BCUT2D eigenvalue weighted by Crippen LogP contribution is 2.39. The maximum absolute atomic E-state index is 12.9. The summed E-state index contributed by atoms with van der Waals surface area (Å²) in [6, 6.07) is 13.0. The molecule has 0 radical (unpaired) electrons. The first-order valence-corrected chi connectivity index (χ1v) is 14.0. The van der Waals surface area contributed by atoms with E-state index in [1.165, 1.54) is 18.1 Å². The number of ether oxygens (including phenoxy) is 2. The zero-order chi connectivity index (χ0) is 29.0. The number of carbonyl (C=O) groups is 2. The summed E-state index contributed by atoms with van der Waals surface area (Å²) >= 11 is 1.47. The Morgan fingerprint density at radius 2 is 1.83 bits per heavy atom. The van der Waals surface area contributed by atoms with E-state index in [0.29, 0.717) is 39.9 Å². The molecule has 0 unspecified atom stereocenters. The number of hydrogen-bond donors (Lipinski definition) is 3. The fourth-order valence-electron chi connectivity index (χ4n) is 4.85. The van der Waals surface area contributed by atoms with Crippen molar-refractivity contribution in [3.05, 3.63) is 71.5 Å². The summed E-state index contributed by atoms with van der Waals surface area (Å²) in [5.41, 5.74) is 2.78. The summed E-state index contributed by atoms with van der Waals surface area (Å²) in [5.74, 6) is -2.09. The number of aliphatic hydroxyl groups excluding tert-OH is 1. The van der Waals surface area contributed by atoms with Crippen LogP contribution in [0.25, 0.3) is 0 Å². The number of amides is 2. The van der Waals surface area contributed by atoms with Gasteiger partial charge in [-0.2, -0.15) is 18.3 Å². The minimum absolute atomic E-state index is 0.0612. The van der Waals surface area contributed by atoms with Crippen LogP contribution in [0.5, 0.6) is 0 Å². The lowest BCUT2D eigenvalue weighted by Gasteiger charge is -2.36. The number of hydrogen-bond acceptors (Lipinski definition) is 8. The predicted molar refractivity (Wildman–Crippen MR) is 141 cm³/mol. The summed E-state index contributed by atoms with van der Waals surface area (Å²) in [4.78, 5) is 29.2. The lowest BCUT2D eigenvalue weighted by atomic mass is 10.0. The van der Waals surface area contributed by atoms with Gasteiger partial charge in [-0.05, 0) is 36.1 Å². The summed E-state index contributed by atoms with van der Waals surface area (Å²) in [6.07, 6.45) is -3.77. The molecule has 2 saturated heterocycles. The lowest BCUT2D eigenvalue weighted by Crippen LogP contribution is -2.48. The van der Waals surface area contributed by atoms with E-state index in [4.69, 9.17) is 9.47 Å². The van der Waals surface area contributed by atoms with E-state index in [0.717, 1.165) is 11.1 Å². The summed E-state index contributed by atoms with van der Waals surface area (Å²) in [6.45, 7) is -0.181. The Balaban J connectivity index is 1.27. The molecule has 14 heteroatoms. The van der Waals surface area contributed by atoms with Crippen LogP contribution in [-0.4, -0.2) is 67.6 Å². The lowest BCUT2D eigenvalue weighted by molar-refractivity contribution is -0.245. The van der Waals surface area contributed by atoms with Crippen LogP contribution < -0.4 is 5.32 Å². The van der Waals surface area contributed by atoms with E-state index >= 15 is 0 Å². The number of aromatic nitrogens is 3. The second kappa shape index (κ2) is 12.6. The number of aromatic amines is 1. The van der Waals surface area contributed by atoms with Gasteiger partial charge in [0, 0.05) is 30.0 Å². The van der Waals surface area contributed by atoms with Gasteiger partial charge in [0.05, 0.1) is 18.8 Å². The number of alkyl halides is 3. The molecule has 2 aromatic carbocycles. The molecule has 2 fully saturated rings. The quantitative estimate of drug-likeness (QED) is 0.334. The third-order valence-electron chi connectivity index (χ3n) is 6.92. The number of H-pyrrole nitrogens is 1. The van der Waals surface area contributed by atoms with Gasteiger partial charge in [0.2, 0.25) is 5.91 Å². The van der Waals surface area contributed by atoms with Crippen molar-refractivity contribution in [2.24, 2.45) is 0 Å². The van der Waals surface area contributed by atoms with Gasteiger partial charge < -0.3 is 24.8 Å². The molecule has 4 atom stereocenters. The number of thioether (sulfide) groups is 1. The molecule has 0 aliphatic carbocycles. The Labute approximate surface area is 237 Å². The monoisotopic (exact) mass is 591 g/mol. The van der Waals surface area contributed by atoms with Gasteiger partial charge in [0.25, 0.3) is 0 Å². The molecular formula is C27H28F3N5O5S. The average Bonchev–Trinajstić information content (AvgIpc) is 3.68. The Kier molecular flexibility index (Phi) is 8.92. The highest BCUT2D eigenvalue weighted by atomic mass is 32.2. The van der Waals surface area contributed by atoms with Crippen LogP contribution in [0, 0.1) is 0 Å². The number of nitrogens with one attached hydrogen (secondary N) is 2. The Morgan fingerprint density at radius 1 is 1.10 bits per heavy atom. The van der Waals surface area contributed by atoms with Crippen molar-refractivity contribution in [2.45, 2.75) is 61.7 Å². The number of nitrogens with zero attached hydrogens (tertiary/aromatic N) is 3. The predicted octanol–water partition coefficient (Wildman–Crippen LogP) is 4.13. The van der Waals surface area contributed by atoms with Gasteiger partial charge in [-0.1, -0.05) is 48.2 Å². The van der Waals surface area contributed by atoms with Crippen LogP contribution in [0.3, 0.4) is 0 Å². The van der Waals surface area contributed by atoms with E-state index in [1.54, 1.807) is 24.3 Å². The molecule has 2 aliphatic rings. The zero-order valence-corrected chi connectivity index (χ0v) is 22.5. The molecule has 0 saturated carbocycles. The van der Waals surface area contributed by atoms with Crippen LogP contribution in [0.1, 0.15) is 48.3 Å². The number of carbonyl (C=O) groups excluding carboxylic acids is 2. The number of anilines is 1. The first-order valence-electron chi connectivity index (χ1n) is 13.0. The summed E-state index contributed by atoms with van der Waals surface area (Å²) < 4.78 is 51.4. The second-order valence-electron chi connectivity index (χ2n) is 9.72. The Bertz CT molecular complexity index is 1320. The molecule has 5 rings (SSSR count). The van der Waals surface area contributed by atoms with Gasteiger partial charge in [0.1, 0.15) is 12.4 Å². The number of likely N-dealkylation sites (tertiary alicyclic amines) is 1. The smallest absolute Gasteiger partial charge is 0.392 e. The Hall–Kier alpha value is -3.46. The zero-order valence-electron chi connectivity index (χ0n) is 21.7. The molecule has 41 heavy (non-hydrogen) atoms. The van der Waals surface area contributed by atoms with Crippen molar-refractivity contribution >= 4 is 29.3 Å². The van der Waals surface area contributed by atoms with Crippen molar-refractivity contribution < 1.29 is 37.3 Å². The van der Waals surface area contributed by atoms with E-state index in [9.17, 15) is 27.9 Å². The third-order valence-corrected chi connectivity index (χ3v) is 7.93. The minimum Gasteiger partial charge on any atom is -0.392 e. The molecule has 2 amide bonds. The van der Waals surface area contributed by atoms with Crippen molar-refractivity contribution in [2.75, 3.05) is 17.6 Å². The molecule has 218 valence electrons. The number of aliphatic hydroxyl groups is 1. The maximum atomic E-state index is 12.9. The van der Waals surface area contributed by atoms with Crippen LogP contribution in [0.15, 0.2) is 60.0 Å². The number of benzene rings is 2. The van der Waals surface area contributed by atoms with E-state index in [-0.39, 0.29) is 31.8 Å². The maximum Gasteiger partial charge on any atom is 0.471 e. The molecule has 2 aliphatic heterocycles. The van der Waals surface area contributed by atoms with Crippen LogP contribution in [-0.2, 0) is 25.7 Å². The molecule has 3 N–H and O–H groups in total. The highest BCUT2D eigenvalue weighted by molar-refractivity contribution is 7.99. The van der Waals surface area contributed by atoms with Crippen molar-refractivity contribution in [3.8, 4) is 0 Å². The molecular weight excluding hydrogens is 563 g/mol. The largest absolute Gasteiger partial charge is 0.471 e. The van der Waals surface area contributed by atoms with E-state index < -0.39 is 30.3 Å². The van der Waals surface area contributed by atoms with Crippen LogP contribution in [0.4, 0.5) is 18.9 Å². The molecule has 3 aromatic rings. The fraction of sp³-hybridized carbons (Fsp3) is 0.407. The van der Waals surface area contributed by atoms with Crippen molar-refractivity contribution in [1.29, 1.82) is 0 Å². The Morgan fingerprint density at radius 3 is 2.49 bits per heavy atom. The third kappa shape index (κ3) is 7.07. The normalized spacial score (nSPS) is 23.0. The topological polar surface area (TPSA) is 130 Å². The minimum atomic E-state index is -5.03. The van der Waals surface area contributed by atoms with E-state index in [2.05, 4.69) is 20.5 Å². The first kappa shape index (κ1) is 29.0. The standard InChI is InChI=1S/C27H28F3N5O5S/c28-27(29,30)25(38)35-11-1-2-21(35)23(37)33-19-9-7-18(8-10-19)24-39-20(14-41-26-31-15-32-34-26)12-22(40-24)17-5-3-16(13-36)4-6-17/h3-10,15,20-22,24,36H,1-2,11-14H2,(H,33,37)(H,31,32,34)/t20-,21+,22+,24+/m1/s1. The SMILES string of the molecule is O=C(Nc1ccc([C@H]2O[C@@H](CSc3ncn[nH]3)C[C@@H](c3ccc(CO)cc3)O2)cc1)[C@@H]1CCCN1C(=O)C(F)(F)F. The molecule has 1 aromatic heterocycles. The van der Waals surface area contributed by atoms with Crippen molar-refractivity contribution in [1.82, 2.24) is 20.1 Å². The molecule has 10 nitrogen and oxygen atoms in total. The van der Waals surface area contributed by atoms with Gasteiger partial charge in [-0.15, -0.1) is 0 Å². The number of halogens is 3. The van der Waals surface area contributed by atoms with Gasteiger partial charge >= 0.3 is 12.1 Å². The second-order valence-corrected chi connectivity index (χ2v) is 10.7. The fourth-order valence-corrected chi connectivity index (χ4v) is 5.65. The van der Waals surface area contributed by atoms with Gasteiger partial charge in [-0.3, -0.25) is 14.7 Å². The van der Waals surface area contributed by atoms with E-state index in [1.807, 2.05) is 24.3 Å². The summed E-state index contributed by atoms with van der Waals surface area (Å²) in [5, 5.41) is 19.3.